The molecular formula is C21H21N3O5. The van der Waals surface area contributed by atoms with Crippen molar-refractivity contribution in [3.63, 3.8) is 0 Å². The Labute approximate surface area is 167 Å². The van der Waals surface area contributed by atoms with E-state index in [4.69, 9.17) is 4.74 Å². The third-order valence-corrected chi connectivity index (χ3v) is 4.31. The molecule has 1 aliphatic heterocycles. The first kappa shape index (κ1) is 20.1. The third kappa shape index (κ3) is 4.98. The topological polar surface area (TPSA) is 105 Å². The van der Waals surface area contributed by atoms with Gasteiger partial charge in [-0.15, -0.1) is 0 Å². The smallest absolute Gasteiger partial charge is 0.325 e. The number of benzene rings is 2. The number of carbonyl (C=O) groups excluding carboxylic acids is 4. The standard InChI is InChI=1S/C21H21N3O5/c1-13-7-14(2)9-15(8-13)21(28)22-10-20(27)29-12-19(26)24-11-18(25)23-16-5-3-4-6-17(16)24/h3-9H,10-12H2,1-2H3,(H,22,28)(H,23,25). The zero-order valence-corrected chi connectivity index (χ0v) is 16.2. The largest absolute Gasteiger partial charge is 0.454 e. The van der Waals surface area contributed by atoms with E-state index in [1.165, 1.54) is 4.90 Å². The number of rotatable bonds is 5. The fraction of sp³-hybridized carbons (Fsp3) is 0.238. The molecule has 0 bridgehead atoms. The number of ether oxygens (including phenoxy) is 1. The number of nitrogens with zero attached hydrogens (tertiary/aromatic N) is 1. The van der Waals surface area contributed by atoms with Gasteiger partial charge >= 0.3 is 5.97 Å². The molecule has 0 spiro atoms. The summed E-state index contributed by atoms with van der Waals surface area (Å²) < 4.78 is 4.96. The molecule has 29 heavy (non-hydrogen) atoms. The molecule has 1 aliphatic rings. The van der Waals surface area contributed by atoms with E-state index in [-0.39, 0.29) is 19.0 Å². The lowest BCUT2D eigenvalue weighted by Gasteiger charge is -2.28. The second-order valence-electron chi connectivity index (χ2n) is 6.76. The minimum Gasteiger partial charge on any atom is -0.454 e. The molecule has 150 valence electrons. The second kappa shape index (κ2) is 8.55. The molecule has 0 saturated carbocycles. The van der Waals surface area contributed by atoms with Crippen LogP contribution in [-0.2, 0) is 19.1 Å². The molecule has 0 atom stereocenters. The molecule has 0 aromatic heterocycles. The van der Waals surface area contributed by atoms with Crippen LogP contribution in [0, 0.1) is 13.8 Å². The Hall–Kier alpha value is -3.68. The summed E-state index contributed by atoms with van der Waals surface area (Å²) >= 11 is 0. The fourth-order valence-corrected chi connectivity index (χ4v) is 3.09. The number of nitrogens with one attached hydrogen (secondary N) is 2. The van der Waals surface area contributed by atoms with Crippen LogP contribution in [0.3, 0.4) is 0 Å². The Balaban J connectivity index is 1.52. The predicted octanol–water partition coefficient (Wildman–Crippen LogP) is 1.56. The van der Waals surface area contributed by atoms with Crippen LogP contribution < -0.4 is 15.5 Å². The van der Waals surface area contributed by atoms with Crippen molar-refractivity contribution >= 4 is 35.1 Å². The number of aryl methyl sites for hydroxylation is 2. The molecule has 8 heteroatoms. The summed E-state index contributed by atoms with van der Waals surface area (Å²) in [5.74, 6) is -2.00. The summed E-state index contributed by atoms with van der Waals surface area (Å²) in [5.41, 5.74) is 3.38. The van der Waals surface area contributed by atoms with Gasteiger partial charge in [0.05, 0.1) is 11.4 Å². The molecule has 0 radical (unpaired) electrons. The van der Waals surface area contributed by atoms with Crippen LogP contribution in [-0.4, -0.2) is 43.4 Å². The minimum absolute atomic E-state index is 0.156. The lowest BCUT2D eigenvalue weighted by atomic mass is 10.1. The normalized spacial score (nSPS) is 12.6. The van der Waals surface area contributed by atoms with Gasteiger partial charge in [-0.25, -0.2) is 0 Å². The Morgan fingerprint density at radius 2 is 1.79 bits per heavy atom. The first-order valence-electron chi connectivity index (χ1n) is 9.05. The van der Waals surface area contributed by atoms with E-state index in [2.05, 4.69) is 10.6 Å². The fourth-order valence-electron chi connectivity index (χ4n) is 3.09. The van der Waals surface area contributed by atoms with Crippen molar-refractivity contribution in [1.29, 1.82) is 0 Å². The van der Waals surface area contributed by atoms with Crippen molar-refractivity contribution in [2.75, 3.05) is 29.9 Å². The van der Waals surface area contributed by atoms with Crippen LogP contribution in [0.15, 0.2) is 42.5 Å². The summed E-state index contributed by atoms with van der Waals surface area (Å²) in [6, 6.07) is 12.2. The average molecular weight is 395 g/mol. The first-order valence-corrected chi connectivity index (χ1v) is 9.05. The number of anilines is 2. The highest BCUT2D eigenvalue weighted by Gasteiger charge is 2.27. The van der Waals surface area contributed by atoms with Crippen LogP contribution in [0.2, 0.25) is 0 Å². The predicted molar refractivity (Wildman–Crippen MR) is 107 cm³/mol. The lowest BCUT2D eigenvalue weighted by Crippen LogP contribution is -2.44. The zero-order chi connectivity index (χ0) is 21.0. The van der Waals surface area contributed by atoms with Crippen LogP contribution in [0.25, 0.3) is 0 Å². The number of carbonyl (C=O) groups is 4. The number of fused-ring (bicyclic) bond motifs is 1. The van der Waals surface area contributed by atoms with Gasteiger partial charge in [-0.2, -0.15) is 0 Å². The molecule has 8 nitrogen and oxygen atoms in total. The SMILES string of the molecule is Cc1cc(C)cc(C(=O)NCC(=O)OCC(=O)N2CC(=O)Nc3ccccc32)c1. The maximum absolute atomic E-state index is 12.4. The van der Waals surface area contributed by atoms with Crippen molar-refractivity contribution in [1.82, 2.24) is 5.32 Å². The van der Waals surface area contributed by atoms with Gasteiger partial charge in [-0.1, -0.05) is 29.3 Å². The summed E-state index contributed by atoms with van der Waals surface area (Å²) in [4.78, 5) is 49.6. The number of esters is 1. The highest BCUT2D eigenvalue weighted by Crippen LogP contribution is 2.28. The Bertz CT molecular complexity index is 966. The Morgan fingerprint density at radius 1 is 1.10 bits per heavy atom. The molecule has 0 unspecified atom stereocenters. The van der Waals surface area contributed by atoms with Gasteiger partial charge in [0.15, 0.2) is 6.61 Å². The van der Waals surface area contributed by atoms with Crippen LogP contribution in [0.5, 0.6) is 0 Å². The molecule has 1 heterocycles. The molecule has 2 aromatic rings. The Morgan fingerprint density at radius 3 is 2.52 bits per heavy atom. The quantitative estimate of drug-likeness (QED) is 0.748. The minimum atomic E-state index is -0.745. The maximum Gasteiger partial charge on any atom is 0.325 e. The second-order valence-corrected chi connectivity index (χ2v) is 6.76. The molecule has 3 rings (SSSR count). The third-order valence-electron chi connectivity index (χ3n) is 4.31. The molecule has 0 aliphatic carbocycles. The summed E-state index contributed by atoms with van der Waals surface area (Å²) in [6.45, 7) is 2.71. The van der Waals surface area contributed by atoms with E-state index in [0.717, 1.165) is 11.1 Å². The lowest BCUT2D eigenvalue weighted by molar-refractivity contribution is -0.146. The van der Waals surface area contributed by atoms with E-state index in [1.54, 1.807) is 36.4 Å². The molecular weight excluding hydrogens is 374 g/mol. The van der Waals surface area contributed by atoms with E-state index in [9.17, 15) is 19.2 Å². The zero-order valence-electron chi connectivity index (χ0n) is 16.2. The average Bonchev–Trinajstić information content (AvgIpc) is 2.68. The molecule has 3 amide bonds. The van der Waals surface area contributed by atoms with Crippen molar-refractivity contribution in [3.8, 4) is 0 Å². The van der Waals surface area contributed by atoms with Gasteiger partial charge in [0.1, 0.15) is 13.1 Å². The van der Waals surface area contributed by atoms with E-state index in [0.29, 0.717) is 16.9 Å². The van der Waals surface area contributed by atoms with Crippen LogP contribution >= 0.6 is 0 Å². The molecule has 2 aromatic carbocycles. The summed E-state index contributed by atoms with van der Waals surface area (Å²) in [5, 5.41) is 5.15. The number of hydrogen-bond donors (Lipinski definition) is 2. The first-order chi connectivity index (χ1) is 13.8. The van der Waals surface area contributed by atoms with Gasteiger partial charge in [-0.3, -0.25) is 24.1 Å². The van der Waals surface area contributed by atoms with Crippen molar-refractivity contribution < 1.29 is 23.9 Å². The van der Waals surface area contributed by atoms with Gasteiger partial charge in [0, 0.05) is 5.56 Å². The van der Waals surface area contributed by atoms with E-state index >= 15 is 0 Å². The Kier molecular flexibility index (Phi) is 5.92. The van der Waals surface area contributed by atoms with Gasteiger partial charge in [-0.05, 0) is 38.1 Å². The highest BCUT2D eigenvalue weighted by atomic mass is 16.5. The van der Waals surface area contributed by atoms with Gasteiger partial charge in [0.2, 0.25) is 5.91 Å². The summed E-state index contributed by atoms with van der Waals surface area (Å²) in [7, 11) is 0. The van der Waals surface area contributed by atoms with Gasteiger partial charge in [0.25, 0.3) is 11.8 Å². The van der Waals surface area contributed by atoms with Crippen LogP contribution in [0.4, 0.5) is 11.4 Å². The van der Waals surface area contributed by atoms with Gasteiger partial charge < -0.3 is 15.4 Å². The number of amides is 3. The monoisotopic (exact) mass is 395 g/mol. The van der Waals surface area contributed by atoms with E-state index < -0.39 is 24.4 Å². The molecule has 2 N–H and O–H groups in total. The number of hydrogen-bond acceptors (Lipinski definition) is 5. The van der Waals surface area contributed by atoms with Crippen molar-refractivity contribution in [3.05, 3.63) is 59.2 Å². The summed E-state index contributed by atoms with van der Waals surface area (Å²) in [6.07, 6.45) is 0. The number of para-hydroxylation sites is 2. The highest BCUT2D eigenvalue weighted by molar-refractivity contribution is 6.10. The maximum atomic E-state index is 12.4. The van der Waals surface area contributed by atoms with Crippen molar-refractivity contribution in [2.24, 2.45) is 0 Å². The van der Waals surface area contributed by atoms with Crippen LogP contribution in [0.1, 0.15) is 21.5 Å². The van der Waals surface area contributed by atoms with Crippen molar-refractivity contribution in [2.45, 2.75) is 13.8 Å². The van der Waals surface area contributed by atoms with E-state index in [1.807, 2.05) is 19.9 Å². The molecule has 0 saturated heterocycles. The molecule has 0 fully saturated rings.